The maximum absolute atomic E-state index is 5.66. The molecule has 2 fully saturated rings. The zero-order valence-electron chi connectivity index (χ0n) is 17.1. The number of nitrogens with one attached hydrogen (secondary N) is 2. The van der Waals surface area contributed by atoms with Gasteiger partial charge in [0.15, 0.2) is 5.96 Å². The van der Waals surface area contributed by atoms with Crippen molar-refractivity contribution in [3.8, 4) is 0 Å². The molecule has 1 saturated heterocycles. The summed E-state index contributed by atoms with van der Waals surface area (Å²) in [7, 11) is 1.82. The second kappa shape index (κ2) is 11.8. The van der Waals surface area contributed by atoms with Crippen molar-refractivity contribution in [3.63, 3.8) is 0 Å². The van der Waals surface area contributed by atoms with Crippen LogP contribution in [0.15, 0.2) is 23.5 Å². The zero-order chi connectivity index (χ0) is 19.4. The molecule has 0 unspecified atom stereocenters. The summed E-state index contributed by atoms with van der Waals surface area (Å²) in [5.74, 6) is 2.57. The fraction of sp³-hybridized carbons (Fsp3) is 0.750. The quantitative estimate of drug-likeness (QED) is 0.332. The first kappa shape index (κ1) is 20.8. The van der Waals surface area contributed by atoms with Crippen LogP contribution in [-0.4, -0.2) is 86.9 Å². The van der Waals surface area contributed by atoms with Gasteiger partial charge in [-0.25, -0.2) is 9.97 Å². The third-order valence-electron chi connectivity index (χ3n) is 5.18. The Morgan fingerprint density at radius 1 is 1.11 bits per heavy atom. The molecule has 0 radical (unpaired) electrons. The molecule has 2 N–H and O–H groups in total. The van der Waals surface area contributed by atoms with Gasteiger partial charge in [-0.15, -0.1) is 0 Å². The Labute approximate surface area is 168 Å². The summed E-state index contributed by atoms with van der Waals surface area (Å²) in [6.45, 7) is 8.81. The molecule has 0 aromatic carbocycles. The molecule has 2 aliphatic rings. The lowest BCUT2D eigenvalue weighted by atomic mass is 10.3. The van der Waals surface area contributed by atoms with Gasteiger partial charge in [0.25, 0.3) is 0 Å². The van der Waals surface area contributed by atoms with Gasteiger partial charge in [0, 0.05) is 71.9 Å². The second-order valence-electron chi connectivity index (χ2n) is 7.53. The lowest BCUT2D eigenvalue weighted by molar-refractivity contribution is 0.123. The molecule has 1 aromatic heterocycles. The third kappa shape index (κ3) is 7.59. The molecule has 28 heavy (non-hydrogen) atoms. The summed E-state index contributed by atoms with van der Waals surface area (Å²) < 4.78 is 5.66. The first-order chi connectivity index (χ1) is 13.8. The molecule has 1 aliphatic heterocycles. The van der Waals surface area contributed by atoms with Crippen molar-refractivity contribution in [2.75, 3.05) is 71.0 Å². The number of ether oxygens (including phenoxy) is 1. The summed E-state index contributed by atoms with van der Waals surface area (Å²) in [5, 5.41) is 6.76. The third-order valence-corrected chi connectivity index (χ3v) is 5.18. The molecule has 1 aliphatic carbocycles. The molecule has 0 spiro atoms. The number of hydrogen-bond donors (Lipinski definition) is 2. The largest absolute Gasteiger partial charge is 0.381 e. The van der Waals surface area contributed by atoms with Crippen LogP contribution in [0.1, 0.15) is 25.7 Å². The van der Waals surface area contributed by atoms with Gasteiger partial charge in [0.1, 0.15) is 0 Å². The van der Waals surface area contributed by atoms with Crippen molar-refractivity contribution in [2.24, 2.45) is 10.9 Å². The molecule has 1 aromatic rings. The Morgan fingerprint density at radius 2 is 1.82 bits per heavy atom. The molecule has 3 rings (SSSR count). The van der Waals surface area contributed by atoms with Crippen LogP contribution in [0.4, 0.5) is 5.95 Å². The molecule has 0 bridgehead atoms. The van der Waals surface area contributed by atoms with E-state index in [0.29, 0.717) is 0 Å². The van der Waals surface area contributed by atoms with Gasteiger partial charge in [-0.1, -0.05) is 0 Å². The van der Waals surface area contributed by atoms with Crippen molar-refractivity contribution in [1.82, 2.24) is 25.5 Å². The summed E-state index contributed by atoms with van der Waals surface area (Å²) in [5.41, 5.74) is 0. The minimum atomic E-state index is 0.834. The van der Waals surface area contributed by atoms with Crippen LogP contribution in [0.25, 0.3) is 0 Å². The van der Waals surface area contributed by atoms with Crippen molar-refractivity contribution in [2.45, 2.75) is 25.7 Å². The fourth-order valence-electron chi connectivity index (χ4n) is 3.27. The number of aromatic nitrogens is 2. The van der Waals surface area contributed by atoms with Gasteiger partial charge in [-0.3, -0.25) is 9.89 Å². The Morgan fingerprint density at radius 3 is 2.50 bits per heavy atom. The molecule has 1 saturated carbocycles. The topological polar surface area (TPSA) is 77.9 Å². The van der Waals surface area contributed by atoms with E-state index in [9.17, 15) is 0 Å². The summed E-state index contributed by atoms with van der Waals surface area (Å²) in [6, 6.07) is 1.86. The van der Waals surface area contributed by atoms with Gasteiger partial charge in [-0.2, -0.15) is 0 Å². The highest BCUT2D eigenvalue weighted by Gasteiger charge is 2.21. The first-order valence-corrected chi connectivity index (χ1v) is 10.6. The van der Waals surface area contributed by atoms with Crippen molar-refractivity contribution in [3.05, 3.63) is 18.5 Å². The SMILES string of the molecule is CN=C(NCCCOCC1CC1)NCCCN1CCN(c2ncccn2)CC1. The molecular weight excluding hydrogens is 354 g/mol. The average molecular weight is 390 g/mol. The number of piperazine rings is 1. The number of aliphatic imine (C=N–C) groups is 1. The predicted molar refractivity (Wildman–Crippen MR) is 113 cm³/mol. The lowest BCUT2D eigenvalue weighted by Gasteiger charge is -2.34. The van der Waals surface area contributed by atoms with Crippen LogP contribution < -0.4 is 15.5 Å². The number of hydrogen-bond acceptors (Lipinski definition) is 6. The predicted octanol–water partition coefficient (Wildman–Crippen LogP) is 0.970. The van der Waals surface area contributed by atoms with Gasteiger partial charge >= 0.3 is 0 Å². The normalized spacial score (nSPS) is 18.3. The highest BCUT2D eigenvalue weighted by molar-refractivity contribution is 5.79. The highest BCUT2D eigenvalue weighted by Crippen LogP contribution is 2.28. The van der Waals surface area contributed by atoms with Gasteiger partial charge in [-0.05, 0) is 44.2 Å². The number of rotatable bonds is 11. The van der Waals surface area contributed by atoms with Gasteiger partial charge in [0.05, 0.1) is 0 Å². The second-order valence-corrected chi connectivity index (χ2v) is 7.53. The summed E-state index contributed by atoms with van der Waals surface area (Å²) in [4.78, 5) is 17.7. The zero-order valence-corrected chi connectivity index (χ0v) is 17.1. The Balaban J connectivity index is 1.19. The van der Waals surface area contributed by atoms with E-state index in [4.69, 9.17) is 4.74 Å². The Bertz CT molecular complexity index is 571. The van der Waals surface area contributed by atoms with Crippen LogP contribution in [0.2, 0.25) is 0 Å². The van der Waals surface area contributed by atoms with E-state index < -0.39 is 0 Å². The fourth-order valence-corrected chi connectivity index (χ4v) is 3.27. The summed E-state index contributed by atoms with van der Waals surface area (Å²) in [6.07, 6.45) is 8.44. The minimum absolute atomic E-state index is 0.834. The van der Waals surface area contributed by atoms with Crippen LogP contribution >= 0.6 is 0 Å². The molecule has 2 heterocycles. The van der Waals surface area contributed by atoms with E-state index in [0.717, 1.165) is 89.7 Å². The van der Waals surface area contributed by atoms with E-state index in [1.54, 1.807) is 0 Å². The van der Waals surface area contributed by atoms with Gasteiger partial charge in [0.2, 0.25) is 5.95 Å². The van der Waals surface area contributed by atoms with Crippen molar-refractivity contribution < 1.29 is 4.74 Å². The van der Waals surface area contributed by atoms with Crippen LogP contribution in [-0.2, 0) is 4.74 Å². The van der Waals surface area contributed by atoms with E-state index in [1.807, 2.05) is 25.5 Å². The lowest BCUT2D eigenvalue weighted by Crippen LogP contribution is -2.47. The van der Waals surface area contributed by atoms with E-state index in [1.165, 1.54) is 12.8 Å². The number of anilines is 1. The highest BCUT2D eigenvalue weighted by atomic mass is 16.5. The van der Waals surface area contributed by atoms with Crippen molar-refractivity contribution >= 4 is 11.9 Å². The molecule has 8 nitrogen and oxygen atoms in total. The standard InChI is InChI=1S/C20H35N7O/c1-21-19(23-10-4-16-28-17-18-5-6-18)22-9-3-11-26-12-14-27(15-13-26)20-24-7-2-8-25-20/h2,7-8,18H,3-6,9-17H2,1H3,(H2,21,22,23). The maximum Gasteiger partial charge on any atom is 0.225 e. The van der Waals surface area contributed by atoms with Crippen LogP contribution in [0.3, 0.4) is 0 Å². The van der Waals surface area contributed by atoms with E-state index >= 15 is 0 Å². The number of guanidine groups is 1. The molecule has 0 amide bonds. The maximum atomic E-state index is 5.66. The van der Waals surface area contributed by atoms with Crippen LogP contribution in [0, 0.1) is 5.92 Å². The Hall–Kier alpha value is -1.93. The van der Waals surface area contributed by atoms with Gasteiger partial charge < -0.3 is 20.3 Å². The van der Waals surface area contributed by atoms with Crippen molar-refractivity contribution in [1.29, 1.82) is 0 Å². The Kier molecular flexibility index (Phi) is 8.77. The number of nitrogens with zero attached hydrogens (tertiary/aromatic N) is 5. The summed E-state index contributed by atoms with van der Waals surface area (Å²) >= 11 is 0. The smallest absolute Gasteiger partial charge is 0.225 e. The monoisotopic (exact) mass is 389 g/mol. The molecular formula is C20H35N7O. The first-order valence-electron chi connectivity index (χ1n) is 10.6. The molecule has 8 heteroatoms. The van der Waals surface area contributed by atoms with E-state index in [2.05, 4.69) is 35.4 Å². The average Bonchev–Trinajstić information content (AvgIpc) is 3.57. The molecule has 156 valence electrons. The molecule has 0 atom stereocenters. The van der Waals surface area contributed by atoms with E-state index in [-0.39, 0.29) is 0 Å². The van der Waals surface area contributed by atoms with Crippen LogP contribution in [0.5, 0.6) is 0 Å². The minimum Gasteiger partial charge on any atom is -0.381 e.